The molecule has 164 valence electrons. The Morgan fingerprint density at radius 1 is 1.03 bits per heavy atom. The highest BCUT2D eigenvalue weighted by molar-refractivity contribution is 7.81. The molecule has 8 heteroatoms. The zero-order valence-electron chi connectivity index (χ0n) is 17.4. The van der Waals surface area contributed by atoms with E-state index in [-0.39, 0.29) is 30.3 Å². The van der Waals surface area contributed by atoms with Crippen LogP contribution in [0, 0.1) is 0 Å². The summed E-state index contributed by atoms with van der Waals surface area (Å²) >= 11 is 4.47. The van der Waals surface area contributed by atoms with Crippen LogP contribution in [-0.2, 0) is 11.2 Å². The second kappa shape index (κ2) is 9.82. The van der Waals surface area contributed by atoms with Crippen molar-refractivity contribution in [1.82, 2.24) is 20.2 Å². The van der Waals surface area contributed by atoms with E-state index in [2.05, 4.69) is 27.9 Å². The van der Waals surface area contributed by atoms with Gasteiger partial charge in [-0.15, -0.1) is 0 Å². The number of nitrogens with zero attached hydrogens (tertiary/aromatic N) is 2. The van der Waals surface area contributed by atoms with Crippen molar-refractivity contribution in [2.45, 2.75) is 30.6 Å². The zero-order valence-corrected chi connectivity index (χ0v) is 18.3. The smallest absolute Gasteiger partial charge is 0.261 e. The van der Waals surface area contributed by atoms with E-state index < -0.39 is 5.25 Å². The molecule has 0 spiro atoms. The highest BCUT2D eigenvalue weighted by Crippen LogP contribution is 2.23. The molecule has 1 unspecified atom stereocenters. The van der Waals surface area contributed by atoms with Crippen LogP contribution in [0.1, 0.15) is 51.0 Å². The molecule has 3 aromatic rings. The quantitative estimate of drug-likeness (QED) is 0.346. The average molecular weight is 449 g/mol. The molecule has 3 amide bonds. The molecule has 1 aliphatic heterocycles. The average Bonchev–Trinajstić information content (AvgIpc) is 3.41. The largest absolute Gasteiger partial charge is 0.349 e. The van der Waals surface area contributed by atoms with Crippen LogP contribution in [-0.4, -0.2) is 44.4 Å². The van der Waals surface area contributed by atoms with Crippen LogP contribution in [0.3, 0.4) is 0 Å². The zero-order chi connectivity index (χ0) is 22.5. The summed E-state index contributed by atoms with van der Waals surface area (Å²) in [6, 6.07) is 16.3. The van der Waals surface area contributed by atoms with Crippen LogP contribution in [0.2, 0.25) is 0 Å². The van der Waals surface area contributed by atoms with Gasteiger partial charge in [0.05, 0.1) is 22.4 Å². The number of imidazole rings is 1. The maximum Gasteiger partial charge on any atom is 0.261 e. The number of H-pyrrole nitrogens is 1. The predicted octanol–water partition coefficient (Wildman–Crippen LogP) is 3.18. The normalized spacial score (nSPS) is 14.8. The van der Waals surface area contributed by atoms with E-state index in [1.165, 1.54) is 4.90 Å². The summed E-state index contributed by atoms with van der Waals surface area (Å²) in [4.78, 5) is 46.3. The first-order valence-corrected chi connectivity index (χ1v) is 11.0. The number of aromatic amines is 1. The number of nitrogens with one attached hydrogen (secondary N) is 2. The summed E-state index contributed by atoms with van der Waals surface area (Å²) in [5.41, 5.74) is 1.84. The number of thiol groups is 1. The number of fused-ring (bicyclic) bond motifs is 1. The number of rotatable bonds is 9. The Morgan fingerprint density at radius 3 is 2.31 bits per heavy atom. The van der Waals surface area contributed by atoms with Crippen molar-refractivity contribution < 1.29 is 14.4 Å². The van der Waals surface area contributed by atoms with Crippen LogP contribution >= 0.6 is 12.6 Å². The van der Waals surface area contributed by atoms with Crippen LogP contribution < -0.4 is 5.32 Å². The molecule has 1 aliphatic rings. The lowest BCUT2D eigenvalue weighted by molar-refractivity contribution is -0.121. The molecular weight excluding hydrogens is 424 g/mol. The number of hydrogen-bond donors (Lipinski definition) is 3. The molecule has 32 heavy (non-hydrogen) atoms. The van der Waals surface area contributed by atoms with Crippen LogP contribution in [0.5, 0.6) is 0 Å². The van der Waals surface area contributed by atoms with Crippen molar-refractivity contribution in [2.24, 2.45) is 0 Å². The monoisotopic (exact) mass is 448 g/mol. The number of hydrogen-bond acceptors (Lipinski definition) is 5. The van der Waals surface area contributed by atoms with Crippen molar-refractivity contribution in [3.05, 3.63) is 89.5 Å². The van der Waals surface area contributed by atoms with Crippen LogP contribution in [0.15, 0.2) is 67.0 Å². The van der Waals surface area contributed by atoms with Gasteiger partial charge in [0.2, 0.25) is 5.91 Å². The number of carbonyl (C=O) groups is 3. The first kappa shape index (κ1) is 21.8. The molecule has 0 bridgehead atoms. The first-order valence-electron chi connectivity index (χ1n) is 10.5. The van der Waals surface area contributed by atoms with Crippen molar-refractivity contribution in [3.8, 4) is 0 Å². The van der Waals surface area contributed by atoms with E-state index in [0.29, 0.717) is 30.4 Å². The number of aromatic nitrogens is 2. The van der Waals surface area contributed by atoms with Crippen molar-refractivity contribution in [3.63, 3.8) is 0 Å². The van der Waals surface area contributed by atoms with E-state index >= 15 is 0 Å². The van der Waals surface area contributed by atoms with Gasteiger partial charge in [-0.05, 0) is 30.5 Å². The van der Waals surface area contributed by atoms with Gasteiger partial charge in [-0.3, -0.25) is 19.3 Å². The number of amides is 3. The van der Waals surface area contributed by atoms with E-state index in [4.69, 9.17) is 0 Å². The lowest BCUT2D eigenvalue weighted by Gasteiger charge is -2.21. The van der Waals surface area contributed by atoms with Crippen molar-refractivity contribution in [1.29, 1.82) is 0 Å². The van der Waals surface area contributed by atoms with Gasteiger partial charge >= 0.3 is 0 Å². The molecule has 7 nitrogen and oxygen atoms in total. The van der Waals surface area contributed by atoms with Crippen LogP contribution in [0.4, 0.5) is 0 Å². The highest BCUT2D eigenvalue weighted by Gasteiger charge is 2.34. The molecular formula is C24H24N4O3S. The molecule has 0 saturated heterocycles. The van der Waals surface area contributed by atoms with Gasteiger partial charge in [0.25, 0.3) is 11.8 Å². The standard InChI is InChI=1S/C24H24N4O3S/c29-22(27-19(15-21-25-12-13-26-21)16-7-2-1-3-8-16)20(32)11-6-14-28-23(30)17-9-4-5-10-18(17)24(28)31/h1-5,7-10,12-13,19-20,32H,6,11,14-15H2,(H,25,26)(H,27,29)/t19-,20?/m0/s1. The Balaban J connectivity index is 1.33. The lowest BCUT2D eigenvalue weighted by Crippen LogP contribution is -2.36. The summed E-state index contributed by atoms with van der Waals surface area (Å²) in [7, 11) is 0. The van der Waals surface area contributed by atoms with E-state index in [1.807, 2.05) is 30.3 Å². The van der Waals surface area contributed by atoms with E-state index in [9.17, 15) is 14.4 Å². The van der Waals surface area contributed by atoms with E-state index in [1.54, 1.807) is 36.7 Å². The Bertz CT molecular complexity index is 1070. The molecule has 0 aliphatic carbocycles. The van der Waals surface area contributed by atoms with Crippen molar-refractivity contribution in [2.75, 3.05) is 6.54 Å². The Kier molecular flexibility index (Phi) is 6.70. The summed E-state index contributed by atoms with van der Waals surface area (Å²) in [6.45, 7) is 0.255. The molecule has 2 aromatic carbocycles. The van der Waals surface area contributed by atoms with Gasteiger partial charge in [0, 0.05) is 25.4 Å². The maximum absolute atomic E-state index is 12.8. The fraction of sp³-hybridized carbons (Fsp3) is 0.250. The minimum absolute atomic E-state index is 0.198. The second-order valence-corrected chi connectivity index (χ2v) is 8.30. The SMILES string of the molecule is O=C(N[C@@H](Cc1ncc[nH]1)c1ccccc1)C(S)CCCN1C(=O)c2ccccc2C1=O. The topological polar surface area (TPSA) is 95.2 Å². The fourth-order valence-corrected chi connectivity index (χ4v) is 4.08. The minimum atomic E-state index is -0.562. The Morgan fingerprint density at radius 2 is 1.69 bits per heavy atom. The fourth-order valence-electron chi connectivity index (χ4n) is 3.82. The molecule has 0 fully saturated rings. The van der Waals surface area contributed by atoms with Gasteiger partial charge in [0.1, 0.15) is 5.82 Å². The van der Waals surface area contributed by atoms with Gasteiger partial charge in [0.15, 0.2) is 0 Å². The van der Waals surface area contributed by atoms with Crippen LogP contribution in [0.25, 0.3) is 0 Å². The number of benzene rings is 2. The van der Waals surface area contributed by atoms with Crippen molar-refractivity contribution >= 4 is 30.4 Å². The minimum Gasteiger partial charge on any atom is -0.349 e. The molecule has 1 aromatic heterocycles. The summed E-state index contributed by atoms with van der Waals surface area (Å²) in [5, 5.41) is 2.50. The molecule has 4 rings (SSSR count). The Hall–Kier alpha value is -3.39. The third-order valence-corrected chi connectivity index (χ3v) is 6.00. The van der Waals surface area contributed by atoms with Gasteiger partial charge in [-0.2, -0.15) is 12.6 Å². The summed E-state index contributed by atoms with van der Waals surface area (Å²) < 4.78 is 0. The molecule has 2 heterocycles. The molecule has 2 atom stereocenters. The summed E-state index contributed by atoms with van der Waals surface area (Å²) in [5.74, 6) is 0.0123. The third-order valence-electron chi connectivity index (χ3n) is 5.51. The lowest BCUT2D eigenvalue weighted by atomic mass is 10.0. The van der Waals surface area contributed by atoms with Gasteiger partial charge in [-0.1, -0.05) is 42.5 Å². The Labute approximate surface area is 191 Å². The third kappa shape index (κ3) is 4.75. The summed E-state index contributed by atoms with van der Waals surface area (Å²) in [6.07, 6.45) is 4.88. The van der Waals surface area contributed by atoms with Gasteiger partial charge < -0.3 is 10.3 Å². The van der Waals surface area contributed by atoms with E-state index in [0.717, 1.165) is 11.4 Å². The highest BCUT2D eigenvalue weighted by atomic mass is 32.1. The van der Waals surface area contributed by atoms with Gasteiger partial charge in [-0.25, -0.2) is 4.98 Å². The molecule has 0 radical (unpaired) electrons. The second-order valence-electron chi connectivity index (χ2n) is 7.68. The number of carbonyl (C=O) groups excluding carboxylic acids is 3. The maximum atomic E-state index is 12.8. The predicted molar refractivity (Wildman–Crippen MR) is 123 cm³/mol. The molecule has 2 N–H and O–H groups in total. The molecule has 0 saturated carbocycles. The number of imide groups is 1. The first-order chi connectivity index (χ1) is 15.5.